The van der Waals surface area contributed by atoms with Crippen LogP contribution in [0, 0.1) is 0 Å². The van der Waals surface area contributed by atoms with E-state index in [0.29, 0.717) is 4.47 Å². The van der Waals surface area contributed by atoms with Gasteiger partial charge in [0.25, 0.3) is 0 Å². The summed E-state index contributed by atoms with van der Waals surface area (Å²) >= 11 is 3.27. The van der Waals surface area contributed by atoms with Gasteiger partial charge >= 0.3 is 0 Å². The van der Waals surface area contributed by atoms with Crippen LogP contribution in [0.2, 0.25) is 0 Å². The molecule has 0 unspecified atom stereocenters. The molecule has 0 atom stereocenters. The Morgan fingerprint density at radius 2 is 1.50 bits per heavy atom. The monoisotopic (exact) mass is 314 g/mol. The Balaban J connectivity index is 2.25. The molecule has 0 spiro atoms. The maximum Gasteiger partial charge on any atom is 0.133 e. The normalized spacial score (nSPS) is 10.8. The lowest BCUT2D eigenvalue weighted by Crippen LogP contribution is -1.88. The Morgan fingerprint density at radius 3 is 2.17 bits per heavy atom. The molecular formula is C15H23BrO2. The fourth-order valence-corrected chi connectivity index (χ4v) is 2.46. The van der Waals surface area contributed by atoms with Crippen molar-refractivity contribution in [1.29, 1.82) is 0 Å². The van der Waals surface area contributed by atoms with Crippen LogP contribution in [0.3, 0.4) is 0 Å². The molecule has 2 nitrogen and oxygen atoms in total. The van der Waals surface area contributed by atoms with Crippen molar-refractivity contribution in [2.24, 2.45) is 0 Å². The predicted octanol–water partition coefficient (Wildman–Crippen LogP) is 5.15. The van der Waals surface area contributed by atoms with Crippen LogP contribution in [0.25, 0.3) is 0 Å². The minimum Gasteiger partial charge on any atom is -0.508 e. The molecule has 0 heterocycles. The van der Waals surface area contributed by atoms with E-state index in [2.05, 4.69) is 22.9 Å². The summed E-state index contributed by atoms with van der Waals surface area (Å²) in [5.74, 6) is 0.289. The van der Waals surface area contributed by atoms with Crippen molar-refractivity contribution in [1.82, 2.24) is 0 Å². The number of hydrogen-bond acceptors (Lipinski definition) is 2. The van der Waals surface area contributed by atoms with Gasteiger partial charge in [-0.15, -0.1) is 0 Å². The van der Waals surface area contributed by atoms with Crippen molar-refractivity contribution in [2.75, 3.05) is 0 Å². The molecule has 0 radical (unpaired) electrons. The average Bonchev–Trinajstić information content (AvgIpc) is 2.34. The quantitative estimate of drug-likeness (QED) is 0.651. The van der Waals surface area contributed by atoms with E-state index < -0.39 is 0 Å². The molecule has 1 aromatic carbocycles. The lowest BCUT2D eigenvalue weighted by Gasteiger charge is -2.07. The van der Waals surface area contributed by atoms with Crippen LogP contribution in [-0.2, 0) is 6.42 Å². The van der Waals surface area contributed by atoms with Crippen molar-refractivity contribution in [2.45, 2.75) is 58.3 Å². The zero-order valence-corrected chi connectivity index (χ0v) is 12.7. The van der Waals surface area contributed by atoms with Gasteiger partial charge < -0.3 is 10.2 Å². The Hall–Kier alpha value is -0.700. The molecule has 2 N–H and O–H groups in total. The van der Waals surface area contributed by atoms with Gasteiger partial charge in [-0.2, -0.15) is 0 Å². The molecule has 0 saturated heterocycles. The molecule has 102 valence electrons. The average molecular weight is 315 g/mol. The first-order valence-electron chi connectivity index (χ1n) is 6.85. The SMILES string of the molecule is CCCCCCCCCc1cc(Br)c(O)cc1O. The predicted molar refractivity (Wildman–Crippen MR) is 79.2 cm³/mol. The maximum absolute atomic E-state index is 9.71. The van der Waals surface area contributed by atoms with Gasteiger partial charge in [0.1, 0.15) is 11.5 Å². The first kappa shape index (κ1) is 15.4. The van der Waals surface area contributed by atoms with E-state index in [0.717, 1.165) is 18.4 Å². The summed E-state index contributed by atoms with van der Waals surface area (Å²) in [5.41, 5.74) is 0.910. The van der Waals surface area contributed by atoms with Gasteiger partial charge in [-0.05, 0) is 40.4 Å². The van der Waals surface area contributed by atoms with E-state index in [1.165, 1.54) is 44.6 Å². The third kappa shape index (κ3) is 5.30. The highest BCUT2D eigenvalue weighted by atomic mass is 79.9. The standard InChI is InChI=1S/C15H23BrO2/c1-2-3-4-5-6-7-8-9-12-10-13(16)15(18)11-14(12)17/h10-11,17-18H,2-9H2,1H3. The Morgan fingerprint density at radius 1 is 0.889 bits per heavy atom. The van der Waals surface area contributed by atoms with E-state index in [4.69, 9.17) is 0 Å². The molecule has 1 rings (SSSR count). The van der Waals surface area contributed by atoms with Crippen molar-refractivity contribution in [3.8, 4) is 11.5 Å². The highest BCUT2D eigenvalue weighted by Crippen LogP contribution is 2.32. The summed E-state index contributed by atoms with van der Waals surface area (Å²) in [5, 5.41) is 19.1. The molecule has 0 amide bonds. The molecule has 0 aliphatic heterocycles. The number of aromatic hydroxyl groups is 2. The van der Waals surface area contributed by atoms with Crippen LogP contribution in [-0.4, -0.2) is 10.2 Å². The van der Waals surface area contributed by atoms with E-state index in [1.807, 2.05) is 6.07 Å². The largest absolute Gasteiger partial charge is 0.508 e. The van der Waals surface area contributed by atoms with E-state index in [-0.39, 0.29) is 11.5 Å². The first-order valence-corrected chi connectivity index (χ1v) is 7.64. The van der Waals surface area contributed by atoms with Crippen LogP contribution < -0.4 is 0 Å². The molecule has 18 heavy (non-hydrogen) atoms. The van der Waals surface area contributed by atoms with Crippen molar-refractivity contribution < 1.29 is 10.2 Å². The summed E-state index contributed by atoms with van der Waals surface area (Å²) in [6, 6.07) is 3.21. The Kier molecular flexibility index (Phi) is 7.18. The molecule has 0 fully saturated rings. The second-order valence-corrected chi connectivity index (χ2v) is 5.66. The number of aryl methyl sites for hydroxylation is 1. The molecule has 0 aromatic heterocycles. The number of rotatable bonds is 8. The summed E-state index contributed by atoms with van der Waals surface area (Å²) in [4.78, 5) is 0. The maximum atomic E-state index is 9.71. The smallest absolute Gasteiger partial charge is 0.133 e. The fraction of sp³-hybridized carbons (Fsp3) is 0.600. The second-order valence-electron chi connectivity index (χ2n) is 4.80. The Bertz CT molecular complexity index is 364. The molecule has 0 bridgehead atoms. The topological polar surface area (TPSA) is 40.5 Å². The highest BCUT2D eigenvalue weighted by molar-refractivity contribution is 9.10. The van der Waals surface area contributed by atoms with E-state index in [1.54, 1.807) is 0 Å². The minimum atomic E-state index is 0.0933. The highest BCUT2D eigenvalue weighted by Gasteiger charge is 2.06. The summed E-state index contributed by atoms with van der Waals surface area (Å²) in [6.07, 6.45) is 9.74. The van der Waals surface area contributed by atoms with Gasteiger partial charge in [0.15, 0.2) is 0 Å². The van der Waals surface area contributed by atoms with Gasteiger partial charge in [0, 0.05) is 6.07 Å². The van der Waals surface area contributed by atoms with E-state index >= 15 is 0 Å². The molecule has 3 heteroatoms. The number of benzene rings is 1. The number of hydrogen-bond donors (Lipinski definition) is 2. The zero-order valence-electron chi connectivity index (χ0n) is 11.1. The lowest BCUT2D eigenvalue weighted by molar-refractivity contribution is 0.442. The van der Waals surface area contributed by atoms with Gasteiger partial charge in [-0.25, -0.2) is 0 Å². The summed E-state index contributed by atoms with van der Waals surface area (Å²) in [7, 11) is 0. The van der Waals surface area contributed by atoms with Crippen molar-refractivity contribution in [3.05, 3.63) is 22.2 Å². The summed E-state index contributed by atoms with van der Waals surface area (Å²) < 4.78 is 0.651. The van der Waals surface area contributed by atoms with Crippen LogP contribution in [0.1, 0.15) is 57.4 Å². The number of unbranched alkanes of at least 4 members (excludes halogenated alkanes) is 6. The van der Waals surface area contributed by atoms with Crippen molar-refractivity contribution >= 4 is 15.9 Å². The van der Waals surface area contributed by atoms with Crippen LogP contribution in [0.5, 0.6) is 11.5 Å². The number of halogens is 1. The van der Waals surface area contributed by atoms with Gasteiger partial charge in [0.2, 0.25) is 0 Å². The van der Waals surface area contributed by atoms with Crippen LogP contribution in [0.15, 0.2) is 16.6 Å². The second kappa shape index (κ2) is 8.41. The van der Waals surface area contributed by atoms with Crippen molar-refractivity contribution in [3.63, 3.8) is 0 Å². The molecule has 0 aliphatic carbocycles. The first-order chi connectivity index (χ1) is 8.65. The zero-order chi connectivity index (χ0) is 13.4. The number of phenols is 2. The molecule has 0 saturated carbocycles. The minimum absolute atomic E-state index is 0.0933. The van der Waals surface area contributed by atoms with Gasteiger partial charge in [-0.3, -0.25) is 0 Å². The lowest BCUT2D eigenvalue weighted by atomic mass is 10.0. The van der Waals surface area contributed by atoms with Crippen LogP contribution in [0.4, 0.5) is 0 Å². The molecule has 1 aromatic rings. The number of phenolic OH excluding ortho intramolecular Hbond substituents is 2. The Labute approximate surface area is 118 Å². The van der Waals surface area contributed by atoms with E-state index in [9.17, 15) is 10.2 Å². The van der Waals surface area contributed by atoms with Gasteiger partial charge in [0.05, 0.1) is 4.47 Å². The fourth-order valence-electron chi connectivity index (χ4n) is 2.06. The third-order valence-electron chi connectivity index (χ3n) is 3.20. The molecule has 0 aliphatic rings. The third-order valence-corrected chi connectivity index (χ3v) is 3.83. The van der Waals surface area contributed by atoms with Gasteiger partial charge in [-0.1, -0.05) is 45.4 Å². The van der Waals surface area contributed by atoms with Crippen LogP contribution >= 0.6 is 15.9 Å². The molecular weight excluding hydrogens is 292 g/mol. The summed E-state index contributed by atoms with van der Waals surface area (Å²) in [6.45, 7) is 2.23.